The molecule has 0 radical (unpaired) electrons. The van der Waals surface area contributed by atoms with Crippen molar-refractivity contribution in [3.63, 3.8) is 0 Å². The zero-order valence-corrected chi connectivity index (χ0v) is 8.48. The van der Waals surface area contributed by atoms with Crippen LogP contribution in [0.15, 0.2) is 6.20 Å². The molecule has 0 spiro atoms. The summed E-state index contributed by atoms with van der Waals surface area (Å²) in [7, 11) is 0. The van der Waals surface area contributed by atoms with Gasteiger partial charge in [-0.25, -0.2) is 9.97 Å². The summed E-state index contributed by atoms with van der Waals surface area (Å²) in [5.41, 5.74) is 6.54. The van der Waals surface area contributed by atoms with E-state index >= 15 is 0 Å². The van der Waals surface area contributed by atoms with Crippen molar-refractivity contribution in [2.24, 2.45) is 0 Å². The van der Waals surface area contributed by atoms with Crippen molar-refractivity contribution in [2.75, 3.05) is 5.73 Å². The van der Waals surface area contributed by atoms with Gasteiger partial charge in [0.15, 0.2) is 0 Å². The second-order valence-corrected chi connectivity index (χ2v) is 3.35. The first-order chi connectivity index (χ1) is 6.09. The fraction of sp³-hybridized carbons (Fsp3) is 0.375. The third kappa shape index (κ3) is 2.95. The van der Waals surface area contributed by atoms with Gasteiger partial charge < -0.3 is 11.1 Å². The van der Waals surface area contributed by atoms with Gasteiger partial charge in [0.1, 0.15) is 11.6 Å². The van der Waals surface area contributed by atoms with Crippen LogP contribution < -0.4 is 11.1 Å². The molecule has 1 heterocycles. The molecule has 0 bridgehead atoms. The van der Waals surface area contributed by atoms with Crippen molar-refractivity contribution in [2.45, 2.75) is 20.4 Å². The van der Waals surface area contributed by atoms with Gasteiger partial charge in [0.2, 0.25) is 0 Å². The second-order valence-electron chi connectivity index (χ2n) is 2.74. The lowest BCUT2D eigenvalue weighted by atomic mass is 10.3. The predicted molar refractivity (Wildman–Crippen MR) is 56.3 cm³/mol. The number of aryl methyl sites for hydroxylation is 1. The number of hydrogen-bond donors (Lipinski definition) is 2. The quantitative estimate of drug-likeness (QED) is 0.685. The Bertz CT molecular complexity index is 324. The molecule has 0 aliphatic rings. The molecule has 0 aliphatic carbocycles. The van der Waals surface area contributed by atoms with E-state index in [9.17, 15) is 0 Å². The summed E-state index contributed by atoms with van der Waals surface area (Å²) in [6.45, 7) is 4.21. The second kappa shape index (κ2) is 4.13. The van der Waals surface area contributed by atoms with Gasteiger partial charge in [-0.05, 0) is 13.8 Å². The van der Waals surface area contributed by atoms with Crippen LogP contribution in [-0.4, -0.2) is 15.0 Å². The number of nitrogens with two attached hydrogens (primary N) is 1. The minimum atomic E-state index is 0.510. The van der Waals surface area contributed by atoms with Gasteiger partial charge in [0.05, 0.1) is 4.99 Å². The highest BCUT2D eigenvalue weighted by atomic mass is 32.1. The van der Waals surface area contributed by atoms with E-state index in [4.69, 9.17) is 18.0 Å². The standard InChI is InChI=1S/C8H12N4S/c1-5-10-3-7(8(9)12-5)4-11-6(2)13/h3H,4H2,1-2H3,(H,11,13)(H2,9,10,12). The number of thiocarbonyl (C=S) groups is 1. The van der Waals surface area contributed by atoms with Crippen molar-refractivity contribution < 1.29 is 0 Å². The fourth-order valence-corrected chi connectivity index (χ4v) is 0.941. The van der Waals surface area contributed by atoms with E-state index in [2.05, 4.69) is 15.3 Å². The smallest absolute Gasteiger partial charge is 0.132 e. The summed E-state index contributed by atoms with van der Waals surface area (Å²) in [5.74, 6) is 1.19. The topological polar surface area (TPSA) is 63.8 Å². The maximum Gasteiger partial charge on any atom is 0.132 e. The van der Waals surface area contributed by atoms with Crippen molar-refractivity contribution in [3.8, 4) is 0 Å². The highest BCUT2D eigenvalue weighted by Crippen LogP contribution is 2.05. The lowest BCUT2D eigenvalue weighted by molar-refractivity contribution is 0.895. The van der Waals surface area contributed by atoms with Crippen molar-refractivity contribution >= 4 is 23.0 Å². The highest BCUT2D eigenvalue weighted by Gasteiger charge is 2.00. The lowest BCUT2D eigenvalue weighted by Gasteiger charge is -2.06. The Morgan fingerprint density at radius 3 is 2.92 bits per heavy atom. The maximum absolute atomic E-state index is 5.67. The van der Waals surface area contributed by atoms with E-state index in [1.54, 1.807) is 13.1 Å². The van der Waals surface area contributed by atoms with Crippen LogP contribution in [0.25, 0.3) is 0 Å². The molecule has 0 saturated carbocycles. The summed E-state index contributed by atoms with van der Waals surface area (Å²) in [6.07, 6.45) is 1.71. The summed E-state index contributed by atoms with van der Waals surface area (Å²) in [6, 6.07) is 0. The molecular weight excluding hydrogens is 184 g/mol. The van der Waals surface area contributed by atoms with Gasteiger partial charge in [0, 0.05) is 18.3 Å². The van der Waals surface area contributed by atoms with Crippen LogP contribution in [0.4, 0.5) is 5.82 Å². The number of nitrogen functional groups attached to an aromatic ring is 1. The number of nitrogens with one attached hydrogen (secondary N) is 1. The zero-order chi connectivity index (χ0) is 9.84. The SMILES string of the molecule is CC(=S)NCc1cnc(C)nc1N. The Morgan fingerprint density at radius 1 is 1.69 bits per heavy atom. The molecule has 0 aliphatic heterocycles. The predicted octanol–water partition coefficient (Wildman–Crippen LogP) is 0.804. The molecule has 0 unspecified atom stereocenters. The largest absolute Gasteiger partial charge is 0.383 e. The van der Waals surface area contributed by atoms with Gasteiger partial charge in [0.25, 0.3) is 0 Å². The number of nitrogens with zero attached hydrogens (tertiary/aromatic N) is 2. The zero-order valence-electron chi connectivity index (χ0n) is 7.66. The molecule has 4 nitrogen and oxygen atoms in total. The first-order valence-corrected chi connectivity index (χ1v) is 4.33. The molecule has 0 fully saturated rings. The van der Waals surface area contributed by atoms with E-state index in [0.717, 1.165) is 10.6 Å². The minimum absolute atomic E-state index is 0.510. The van der Waals surface area contributed by atoms with Crippen LogP contribution in [0.1, 0.15) is 18.3 Å². The summed E-state index contributed by atoms with van der Waals surface area (Å²) >= 11 is 4.87. The lowest BCUT2D eigenvalue weighted by Crippen LogP contribution is -2.18. The van der Waals surface area contributed by atoms with Crippen LogP contribution in [0.5, 0.6) is 0 Å². The molecule has 0 atom stereocenters. The van der Waals surface area contributed by atoms with E-state index in [-0.39, 0.29) is 0 Å². The first kappa shape index (κ1) is 9.85. The Kier molecular flexibility index (Phi) is 3.13. The molecule has 13 heavy (non-hydrogen) atoms. The van der Waals surface area contributed by atoms with Crippen LogP contribution in [-0.2, 0) is 6.54 Å². The number of anilines is 1. The van der Waals surface area contributed by atoms with Crippen LogP contribution in [0.2, 0.25) is 0 Å². The van der Waals surface area contributed by atoms with Gasteiger partial charge in [-0.3, -0.25) is 0 Å². The fourth-order valence-electron chi connectivity index (χ4n) is 0.868. The van der Waals surface area contributed by atoms with Gasteiger partial charge in [-0.15, -0.1) is 0 Å². The molecule has 70 valence electrons. The molecule has 3 N–H and O–H groups in total. The Hall–Kier alpha value is -1.23. The summed E-state index contributed by atoms with van der Waals surface area (Å²) in [4.78, 5) is 8.81. The molecule has 0 amide bonds. The normalized spacial score (nSPS) is 9.69. The molecule has 1 aromatic rings. The number of rotatable bonds is 2. The monoisotopic (exact) mass is 196 g/mol. The van der Waals surface area contributed by atoms with Crippen molar-refractivity contribution in [1.29, 1.82) is 0 Å². The van der Waals surface area contributed by atoms with E-state index < -0.39 is 0 Å². The van der Waals surface area contributed by atoms with E-state index in [1.165, 1.54) is 0 Å². The molecular formula is C8H12N4S. The Balaban J connectivity index is 2.72. The third-order valence-electron chi connectivity index (χ3n) is 1.55. The van der Waals surface area contributed by atoms with E-state index in [1.807, 2.05) is 6.92 Å². The Labute approximate surface area is 82.6 Å². The minimum Gasteiger partial charge on any atom is -0.383 e. The molecule has 0 saturated heterocycles. The molecule has 1 rings (SSSR count). The average molecular weight is 196 g/mol. The van der Waals surface area contributed by atoms with Gasteiger partial charge in [-0.1, -0.05) is 12.2 Å². The molecule has 1 aromatic heterocycles. The Morgan fingerprint density at radius 2 is 2.38 bits per heavy atom. The van der Waals surface area contributed by atoms with Crippen molar-refractivity contribution in [3.05, 3.63) is 17.6 Å². The molecule has 5 heteroatoms. The van der Waals surface area contributed by atoms with Crippen molar-refractivity contribution in [1.82, 2.24) is 15.3 Å². The summed E-state index contributed by atoms with van der Waals surface area (Å²) < 4.78 is 0. The van der Waals surface area contributed by atoms with E-state index in [0.29, 0.717) is 18.2 Å². The van der Waals surface area contributed by atoms with Crippen LogP contribution in [0, 0.1) is 6.92 Å². The number of aromatic nitrogens is 2. The maximum atomic E-state index is 5.67. The third-order valence-corrected chi connectivity index (χ3v) is 1.69. The molecule has 0 aromatic carbocycles. The van der Waals surface area contributed by atoms with Gasteiger partial charge >= 0.3 is 0 Å². The first-order valence-electron chi connectivity index (χ1n) is 3.92. The van der Waals surface area contributed by atoms with Crippen LogP contribution in [0.3, 0.4) is 0 Å². The number of hydrogen-bond acceptors (Lipinski definition) is 4. The average Bonchev–Trinajstić information content (AvgIpc) is 2.02. The van der Waals surface area contributed by atoms with Crippen LogP contribution >= 0.6 is 12.2 Å². The highest BCUT2D eigenvalue weighted by molar-refractivity contribution is 7.80. The van der Waals surface area contributed by atoms with Gasteiger partial charge in [-0.2, -0.15) is 0 Å². The summed E-state index contributed by atoms with van der Waals surface area (Å²) in [5, 5.41) is 2.99.